The van der Waals surface area contributed by atoms with Gasteiger partial charge in [0.1, 0.15) is 5.75 Å². The van der Waals surface area contributed by atoms with Crippen LogP contribution in [0.4, 0.5) is 5.69 Å². The molecule has 1 N–H and O–H groups in total. The standard InChI is InChI=1S/C28H37NO3/c1-9-22(30)25-18(5)26(29-23(31)14-28(6,7)8)17(4)24-21(15-32-27(24)25)20-12-10-19(11-13-20)16(2)3/h10-13,16,21H,9,14-15H2,1-8H3,(H,29,31). The normalized spacial score (nSPS) is 15.5. The smallest absolute Gasteiger partial charge is 0.224 e. The van der Waals surface area contributed by atoms with Crippen LogP contribution in [0.5, 0.6) is 5.75 Å². The van der Waals surface area contributed by atoms with Crippen molar-refractivity contribution in [3.63, 3.8) is 0 Å². The summed E-state index contributed by atoms with van der Waals surface area (Å²) in [4.78, 5) is 25.8. The van der Waals surface area contributed by atoms with Crippen LogP contribution in [0.1, 0.15) is 104 Å². The number of amides is 1. The predicted molar refractivity (Wildman–Crippen MR) is 131 cm³/mol. The summed E-state index contributed by atoms with van der Waals surface area (Å²) < 4.78 is 6.17. The van der Waals surface area contributed by atoms with Crippen LogP contribution in [-0.2, 0) is 4.79 Å². The lowest BCUT2D eigenvalue weighted by Gasteiger charge is -2.23. The van der Waals surface area contributed by atoms with Crippen LogP contribution in [0.25, 0.3) is 0 Å². The van der Waals surface area contributed by atoms with Gasteiger partial charge in [-0.1, -0.05) is 65.8 Å². The molecule has 1 atom stereocenters. The van der Waals surface area contributed by atoms with Gasteiger partial charge in [-0.25, -0.2) is 0 Å². The maximum absolute atomic E-state index is 12.9. The zero-order valence-corrected chi connectivity index (χ0v) is 20.8. The molecule has 1 heterocycles. The second-order valence-corrected chi connectivity index (χ2v) is 10.5. The summed E-state index contributed by atoms with van der Waals surface area (Å²) in [5.74, 6) is 1.21. The van der Waals surface area contributed by atoms with E-state index in [-0.39, 0.29) is 23.0 Å². The summed E-state index contributed by atoms with van der Waals surface area (Å²) in [6, 6.07) is 8.67. The molecule has 0 aliphatic carbocycles. The van der Waals surface area contributed by atoms with Crippen molar-refractivity contribution in [2.75, 3.05) is 11.9 Å². The van der Waals surface area contributed by atoms with Crippen LogP contribution < -0.4 is 10.1 Å². The van der Waals surface area contributed by atoms with E-state index in [4.69, 9.17) is 4.74 Å². The first-order chi connectivity index (χ1) is 14.9. The van der Waals surface area contributed by atoms with Gasteiger partial charge >= 0.3 is 0 Å². The van der Waals surface area contributed by atoms with E-state index in [0.29, 0.717) is 36.7 Å². The number of hydrogen-bond acceptors (Lipinski definition) is 3. The molecule has 1 aliphatic heterocycles. The van der Waals surface area contributed by atoms with Gasteiger partial charge in [-0.3, -0.25) is 9.59 Å². The van der Waals surface area contributed by atoms with E-state index in [9.17, 15) is 9.59 Å². The lowest BCUT2D eigenvalue weighted by Crippen LogP contribution is -2.21. The highest BCUT2D eigenvalue weighted by Gasteiger charge is 2.35. The third-order valence-electron chi connectivity index (χ3n) is 6.30. The molecule has 1 unspecified atom stereocenters. The molecule has 2 aromatic rings. The second-order valence-electron chi connectivity index (χ2n) is 10.5. The van der Waals surface area contributed by atoms with E-state index >= 15 is 0 Å². The lowest BCUT2D eigenvalue weighted by atomic mass is 9.84. The minimum atomic E-state index is -0.117. The first-order valence-corrected chi connectivity index (χ1v) is 11.7. The Labute approximate surface area is 192 Å². The molecule has 0 bridgehead atoms. The first kappa shape index (κ1) is 24.0. The van der Waals surface area contributed by atoms with E-state index in [0.717, 1.165) is 22.4 Å². The largest absolute Gasteiger partial charge is 0.491 e. The van der Waals surface area contributed by atoms with Crippen LogP contribution in [0, 0.1) is 19.3 Å². The van der Waals surface area contributed by atoms with Gasteiger partial charge in [0.25, 0.3) is 0 Å². The van der Waals surface area contributed by atoms with Gasteiger partial charge in [0.2, 0.25) is 5.91 Å². The Kier molecular flexibility index (Phi) is 6.83. The average Bonchev–Trinajstić information content (AvgIpc) is 3.14. The van der Waals surface area contributed by atoms with E-state index in [2.05, 4.69) is 43.4 Å². The van der Waals surface area contributed by atoms with Crippen molar-refractivity contribution in [1.29, 1.82) is 0 Å². The Morgan fingerprint density at radius 3 is 2.25 bits per heavy atom. The minimum absolute atomic E-state index is 0.0321. The second kappa shape index (κ2) is 9.09. The highest BCUT2D eigenvalue weighted by atomic mass is 16.5. The fraction of sp³-hybridized carbons (Fsp3) is 0.500. The molecule has 1 aliphatic rings. The first-order valence-electron chi connectivity index (χ1n) is 11.7. The van der Waals surface area contributed by atoms with Crippen molar-refractivity contribution in [1.82, 2.24) is 0 Å². The number of carbonyl (C=O) groups excluding carboxylic acids is 2. The third kappa shape index (κ3) is 4.74. The van der Waals surface area contributed by atoms with Gasteiger partial charge in [-0.2, -0.15) is 0 Å². The zero-order chi connectivity index (χ0) is 23.8. The Morgan fingerprint density at radius 1 is 1.09 bits per heavy atom. The fourth-order valence-electron chi connectivity index (χ4n) is 4.58. The van der Waals surface area contributed by atoms with E-state index in [1.54, 1.807) is 0 Å². The number of ketones is 1. The maximum Gasteiger partial charge on any atom is 0.224 e. The molecular formula is C28H37NO3. The number of rotatable bonds is 6. The number of fused-ring (bicyclic) bond motifs is 1. The Balaban J connectivity index is 2.12. The molecule has 0 fully saturated rings. The van der Waals surface area contributed by atoms with Crippen LogP contribution >= 0.6 is 0 Å². The Hall–Kier alpha value is -2.62. The van der Waals surface area contributed by atoms with Crippen LogP contribution in [0.3, 0.4) is 0 Å². The number of nitrogens with one attached hydrogen (secondary N) is 1. The van der Waals surface area contributed by atoms with Crippen molar-refractivity contribution in [3.8, 4) is 5.75 Å². The highest BCUT2D eigenvalue weighted by Crippen LogP contribution is 2.47. The fourth-order valence-corrected chi connectivity index (χ4v) is 4.58. The average molecular weight is 436 g/mol. The summed E-state index contributed by atoms with van der Waals surface area (Å²) in [5, 5.41) is 3.13. The van der Waals surface area contributed by atoms with E-state index in [1.165, 1.54) is 11.1 Å². The van der Waals surface area contributed by atoms with Crippen molar-refractivity contribution >= 4 is 17.4 Å². The molecule has 0 saturated carbocycles. The quantitative estimate of drug-likeness (QED) is 0.501. The molecular weight excluding hydrogens is 398 g/mol. The molecule has 4 nitrogen and oxygen atoms in total. The van der Waals surface area contributed by atoms with Crippen molar-refractivity contribution < 1.29 is 14.3 Å². The van der Waals surface area contributed by atoms with E-state index in [1.807, 2.05) is 41.5 Å². The Morgan fingerprint density at radius 2 is 1.72 bits per heavy atom. The van der Waals surface area contributed by atoms with Crippen molar-refractivity contribution in [2.45, 2.75) is 80.1 Å². The van der Waals surface area contributed by atoms with Crippen LogP contribution in [-0.4, -0.2) is 18.3 Å². The molecule has 1 amide bonds. The summed E-state index contributed by atoms with van der Waals surface area (Å²) >= 11 is 0. The van der Waals surface area contributed by atoms with Crippen molar-refractivity contribution in [2.24, 2.45) is 5.41 Å². The molecule has 4 heteroatoms. The number of Topliss-reactive ketones (excluding diaryl/α,β-unsaturated/α-hetero) is 1. The van der Waals surface area contributed by atoms with Gasteiger partial charge < -0.3 is 10.1 Å². The molecule has 2 aromatic carbocycles. The lowest BCUT2D eigenvalue weighted by molar-refractivity contribution is -0.117. The predicted octanol–water partition coefficient (Wildman–Crippen LogP) is 6.92. The zero-order valence-electron chi connectivity index (χ0n) is 20.8. The molecule has 172 valence electrons. The monoisotopic (exact) mass is 435 g/mol. The summed E-state index contributed by atoms with van der Waals surface area (Å²) in [5.41, 5.74) is 6.52. The number of benzene rings is 2. The van der Waals surface area contributed by atoms with Gasteiger partial charge in [-0.05, 0) is 47.4 Å². The Bertz CT molecular complexity index is 1030. The summed E-state index contributed by atoms with van der Waals surface area (Å²) in [6.07, 6.45) is 0.805. The molecule has 0 saturated heterocycles. The van der Waals surface area contributed by atoms with Gasteiger partial charge in [-0.15, -0.1) is 0 Å². The molecule has 32 heavy (non-hydrogen) atoms. The highest BCUT2D eigenvalue weighted by molar-refractivity contribution is 6.04. The summed E-state index contributed by atoms with van der Waals surface area (Å²) in [6.45, 7) is 16.8. The molecule has 0 aromatic heterocycles. The number of ether oxygens (including phenoxy) is 1. The van der Waals surface area contributed by atoms with Gasteiger partial charge in [0.05, 0.1) is 12.2 Å². The molecule has 0 spiro atoms. The number of anilines is 1. The third-order valence-corrected chi connectivity index (χ3v) is 6.30. The topological polar surface area (TPSA) is 55.4 Å². The summed E-state index contributed by atoms with van der Waals surface area (Å²) in [7, 11) is 0. The minimum Gasteiger partial charge on any atom is -0.491 e. The maximum atomic E-state index is 12.9. The molecule has 0 radical (unpaired) electrons. The van der Waals surface area contributed by atoms with Crippen molar-refractivity contribution in [3.05, 3.63) is 57.6 Å². The number of carbonyl (C=O) groups is 2. The van der Waals surface area contributed by atoms with E-state index < -0.39 is 0 Å². The number of hydrogen-bond donors (Lipinski definition) is 1. The van der Waals surface area contributed by atoms with Crippen LogP contribution in [0.15, 0.2) is 24.3 Å². The van der Waals surface area contributed by atoms with Gasteiger partial charge in [0, 0.05) is 30.0 Å². The molecule has 3 rings (SSSR count). The van der Waals surface area contributed by atoms with Gasteiger partial charge in [0.15, 0.2) is 5.78 Å². The van der Waals surface area contributed by atoms with Crippen LogP contribution in [0.2, 0.25) is 0 Å². The SMILES string of the molecule is CCC(=O)c1c(C)c(NC(=O)CC(C)(C)C)c(C)c2c1OCC2c1ccc(C(C)C)cc1.